The molecule has 0 spiro atoms. The molecule has 0 bridgehead atoms. The van der Waals surface area contributed by atoms with Gasteiger partial charge in [-0.3, -0.25) is 0 Å². The second-order valence-electron chi connectivity index (χ2n) is 2.03. The topological polar surface area (TPSA) is 0 Å². The second kappa shape index (κ2) is 3.87. The fourth-order valence-corrected chi connectivity index (χ4v) is 2.61. The lowest BCUT2D eigenvalue weighted by Gasteiger charge is -2.01. The maximum Gasteiger partial charge on any atom is 0.0270 e. The Balaban J connectivity index is 3.20. The standard InChI is InChI=1S/C8H5Br3/c1-5(9)7-3-2-6(10)4-8(7)11/h2-4H,1H2. The molecule has 0 unspecified atom stereocenters. The summed E-state index contributed by atoms with van der Waals surface area (Å²) in [6.45, 7) is 3.79. The third-order valence-electron chi connectivity index (χ3n) is 1.22. The highest BCUT2D eigenvalue weighted by molar-refractivity contribution is 9.15. The average molecular weight is 341 g/mol. The smallest absolute Gasteiger partial charge is 0.0270 e. The Morgan fingerprint density at radius 1 is 1.27 bits per heavy atom. The molecular weight excluding hydrogens is 336 g/mol. The molecule has 0 aromatic heterocycles. The van der Waals surface area contributed by atoms with Crippen LogP contribution >= 0.6 is 47.8 Å². The molecule has 0 saturated carbocycles. The van der Waals surface area contributed by atoms with Gasteiger partial charge in [-0.25, -0.2) is 0 Å². The average Bonchev–Trinajstić information content (AvgIpc) is 1.85. The van der Waals surface area contributed by atoms with Crippen LogP contribution in [0, 0.1) is 0 Å². The summed E-state index contributed by atoms with van der Waals surface area (Å²) in [5.41, 5.74) is 1.08. The Labute approximate surface area is 91.1 Å². The Hall–Kier alpha value is 0.400. The largest absolute Gasteiger partial charge is 0.0841 e. The number of hydrogen-bond acceptors (Lipinski definition) is 0. The molecule has 1 aromatic rings. The predicted molar refractivity (Wildman–Crippen MR) is 59.8 cm³/mol. The lowest BCUT2D eigenvalue weighted by molar-refractivity contribution is 1.56. The summed E-state index contributed by atoms with van der Waals surface area (Å²) in [6, 6.07) is 5.96. The molecule has 0 aliphatic rings. The van der Waals surface area contributed by atoms with E-state index in [2.05, 4.69) is 54.4 Å². The molecule has 0 nitrogen and oxygen atoms in total. The zero-order valence-corrected chi connectivity index (χ0v) is 10.3. The van der Waals surface area contributed by atoms with Crippen LogP contribution < -0.4 is 0 Å². The van der Waals surface area contributed by atoms with Crippen LogP contribution in [0.25, 0.3) is 4.48 Å². The van der Waals surface area contributed by atoms with E-state index in [1.54, 1.807) is 0 Å². The maximum absolute atomic E-state index is 3.79. The summed E-state index contributed by atoms with van der Waals surface area (Å²) in [5.74, 6) is 0. The Morgan fingerprint density at radius 2 is 1.91 bits per heavy atom. The summed E-state index contributed by atoms with van der Waals surface area (Å²) >= 11 is 10.1. The third-order valence-corrected chi connectivity index (χ3v) is 2.80. The van der Waals surface area contributed by atoms with E-state index in [1.807, 2.05) is 18.2 Å². The zero-order valence-electron chi connectivity index (χ0n) is 5.57. The van der Waals surface area contributed by atoms with Crippen molar-refractivity contribution in [1.29, 1.82) is 0 Å². The minimum absolute atomic E-state index is 0.886. The van der Waals surface area contributed by atoms with Crippen molar-refractivity contribution in [2.75, 3.05) is 0 Å². The fraction of sp³-hybridized carbons (Fsp3) is 0. The van der Waals surface area contributed by atoms with Crippen LogP contribution in [-0.2, 0) is 0 Å². The summed E-state index contributed by atoms with van der Waals surface area (Å²) in [4.78, 5) is 0. The van der Waals surface area contributed by atoms with Crippen molar-refractivity contribution in [3.63, 3.8) is 0 Å². The molecule has 0 aliphatic carbocycles. The zero-order chi connectivity index (χ0) is 8.43. The van der Waals surface area contributed by atoms with Gasteiger partial charge >= 0.3 is 0 Å². The van der Waals surface area contributed by atoms with E-state index < -0.39 is 0 Å². The van der Waals surface area contributed by atoms with Crippen molar-refractivity contribution in [3.05, 3.63) is 39.3 Å². The van der Waals surface area contributed by atoms with E-state index >= 15 is 0 Å². The van der Waals surface area contributed by atoms with Gasteiger partial charge in [-0.1, -0.05) is 60.4 Å². The minimum Gasteiger partial charge on any atom is -0.0841 e. The Bertz CT molecular complexity index is 291. The van der Waals surface area contributed by atoms with Crippen molar-refractivity contribution in [2.45, 2.75) is 0 Å². The molecule has 11 heavy (non-hydrogen) atoms. The van der Waals surface area contributed by atoms with Crippen LogP contribution in [0.15, 0.2) is 33.7 Å². The predicted octanol–water partition coefficient (Wildman–Crippen LogP) is 4.58. The number of halogens is 3. The van der Waals surface area contributed by atoms with Crippen molar-refractivity contribution >= 4 is 52.3 Å². The van der Waals surface area contributed by atoms with Gasteiger partial charge in [0, 0.05) is 19.0 Å². The van der Waals surface area contributed by atoms with Crippen LogP contribution in [0.2, 0.25) is 0 Å². The molecule has 0 atom stereocenters. The van der Waals surface area contributed by atoms with Crippen LogP contribution in [0.3, 0.4) is 0 Å². The van der Waals surface area contributed by atoms with E-state index in [1.165, 1.54) is 0 Å². The molecule has 58 valence electrons. The highest BCUT2D eigenvalue weighted by Gasteiger charge is 2.00. The molecule has 0 saturated heterocycles. The molecule has 0 N–H and O–H groups in total. The van der Waals surface area contributed by atoms with Gasteiger partial charge in [0.05, 0.1) is 0 Å². The van der Waals surface area contributed by atoms with Crippen molar-refractivity contribution in [2.24, 2.45) is 0 Å². The van der Waals surface area contributed by atoms with Crippen molar-refractivity contribution < 1.29 is 0 Å². The van der Waals surface area contributed by atoms with Crippen LogP contribution in [0.5, 0.6) is 0 Å². The highest BCUT2D eigenvalue weighted by Crippen LogP contribution is 2.29. The first kappa shape index (κ1) is 9.49. The summed E-state index contributed by atoms with van der Waals surface area (Å²) in [6.07, 6.45) is 0. The molecule has 0 radical (unpaired) electrons. The highest BCUT2D eigenvalue weighted by atomic mass is 79.9. The van der Waals surface area contributed by atoms with E-state index in [9.17, 15) is 0 Å². The van der Waals surface area contributed by atoms with Gasteiger partial charge in [-0.15, -0.1) is 0 Å². The normalized spacial score (nSPS) is 9.73. The third kappa shape index (κ3) is 2.42. The maximum atomic E-state index is 3.79. The first-order valence-electron chi connectivity index (χ1n) is 2.91. The molecule has 1 rings (SSSR count). The van der Waals surface area contributed by atoms with Crippen LogP contribution in [0.4, 0.5) is 0 Å². The Morgan fingerprint density at radius 3 is 2.36 bits per heavy atom. The van der Waals surface area contributed by atoms with Gasteiger partial charge in [-0.2, -0.15) is 0 Å². The summed E-state index contributed by atoms with van der Waals surface area (Å²) < 4.78 is 2.98. The lowest BCUT2D eigenvalue weighted by Crippen LogP contribution is -1.77. The molecule has 0 amide bonds. The Kier molecular flexibility index (Phi) is 3.34. The van der Waals surface area contributed by atoms with Crippen molar-refractivity contribution in [1.82, 2.24) is 0 Å². The van der Waals surface area contributed by atoms with Gasteiger partial charge in [0.25, 0.3) is 0 Å². The minimum atomic E-state index is 0.886. The molecular formula is C8H5Br3. The molecule has 0 aliphatic heterocycles. The molecule has 0 fully saturated rings. The van der Waals surface area contributed by atoms with Crippen LogP contribution in [-0.4, -0.2) is 0 Å². The number of hydrogen-bond donors (Lipinski definition) is 0. The summed E-state index contributed by atoms with van der Waals surface area (Å²) in [7, 11) is 0. The van der Waals surface area contributed by atoms with Gasteiger partial charge in [0.2, 0.25) is 0 Å². The SMILES string of the molecule is C=C(Br)c1ccc(Br)cc1Br. The fourth-order valence-electron chi connectivity index (χ4n) is 0.709. The first-order valence-corrected chi connectivity index (χ1v) is 5.29. The van der Waals surface area contributed by atoms with Gasteiger partial charge in [0.1, 0.15) is 0 Å². The number of benzene rings is 1. The van der Waals surface area contributed by atoms with Gasteiger partial charge < -0.3 is 0 Å². The summed E-state index contributed by atoms with van der Waals surface area (Å²) in [5, 5.41) is 0. The second-order valence-corrected chi connectivity index (χ2v) is 4.76. The molecule has 0 heterocycles. The van der Waals surface area contributed by atoms with Gasteiger partial charge in [-0.05, 0) is 12.1 Å². The molecule has 1 aromatic carbocycles. The quantitative estimate of drug-likeness (QED) is 0.702. The monoisotopic (exact) mass is 338 g/mol. The number of rotatable bonds is 1. The van der Waals surface area contributed by atoms with Crippen molar-refractivity contribution in [3.8, 4) is 0 Å². The van der Waals surface area contributed by atoms with Gasteiger partial charge in [0.15, 0.2) is 0 Å². The molecule has 3 heteroatoms. The van der Waals surface area contributed by atoms with E-state index in [0.717, 1.165) is 19.0 Å². The van der Waals surface area contributed by atoms with E-state index in [4.69, 9.17) is 0 Å². The van der Waals surface area contributed by atoms with Crippen LogP contribution in [0.1, 0.15) is 5.56 Å². The lowest BCUT2D eigenvalue weighted by atomic mass is 10.2. The van der Waals surface area contributed by atoms with E-state index in [-0.39, 0.29) is 0 Å². The first-order chi connectivity index (χ1) is 5.11. The van der Waals surface area contributed by atoms with E-state index in [0.29, 0.717) is 0 Å².